The topological polar surface area (TPSA) is 36.2 Å². The highest BCUT2D eigenvalue weighted by Crippen LogP contribution is 2.23. The zero-order valence-electron chi connectivity index (χ0n) is 7.07. The first-order chi connectivity index (χ1) is 6.25. The average molecular weight is 183 g/mol. The van der Waals surface area contributed by atoms with Crippen LogP contribution in [0.25, 0.3) is 0 Å². The summed E-state index contributed by atoms with van der Waals surface area (Å²) in [4.78, 5) is 0. The Morgan fingerprint density at radius 3 is 2.77 bits per heavy atom. The van der Waals surface area contributed by atoms with E-state index >= 15 is 0 Å². The molecule has 3 nitrogen and oxygen atoms in total. The van der Waals surface area contributed by atoms with Crippen LogP contribution in [-0.4, -0.2) is 6.10 Å². The zero-order valence-corrected chi connectivity index (χ0v) is 7.07. The smallest absolute Gasteiger partial charge is 0.379 e. The Kier molecular flexibility index (Phi) is 2.04. The van der Waals surface area contributed by atoms with E-state index in [0.717, 1.165) is 25.5 Å². The van der Waals surface area contributed by atoms with Gasteiger partial charge in [-0.05, 0) is 25.3 Å². The summed E-state index contributed by atoms with van der Waals surface area (Å²) in [5.74, 6) is -0.359. The molecule has 2 rings (SSSR count). The van der Waals surface area contributed by atoms with Gasteiger partial charge in [-0.15, -0.1) is 4.73 Å². The van der Waals surface area contributed by atoms with Gasteiger partial charge in [0.1, 0.15) is 6.10 Å². The summed E-state index contributed by atoms with van der Waals surface area (Å²) in [6.07, 6.45) is 4.12. The number of aromatic nitrogens is 1. The maximum Gasteiger partial charge on any atom is 0.379 e. The average Bonchev–Trinajstić information content (AvgIpc) is 1.99. The highest BCUT2D eigenvalue weighted by Gasteiger charge is 2.22. The fourth-order valence-electron chi connectivity index (χ4n) is 1.19. The van der Waals surface area contributed by atoms with Crippen molar-refractivity contribution in [1.82, 2.24) is 0 Å². The summed E-state index contributed by atoms with van der Waals surface area (Å²) in [5.41, 5.74) is 0. The molecule has 1 aromatic heterocycles. The predicted octanol–water partition coefficient (Wildman–Crippen LogP) is 1.39. The van der Waals surface area contributed by atoms with E-state index in [9.17, 15) is 9.60 Å². The van der Waals surface area contributed by atoms with Crippen molar-refractivity contribution in [3.63, 3.8) is 0 Å². The first-order valence-electron chi connectivity index (χ1n) is 4.31. The van der Waals surface area contributed by atoms with Crippen molar-refractivity contribution >= 4 is 0 Å². The molecule has 0 amide bonds. The van der Waals surface area contributed by atoms with Crippen molar-refractivity contribution in [3.8, 4) is 5.88 Å². The third kappa shape index (κ3) is 1.71. The number of hydrogen-bond acceptors (Lipinski definition) is 2. The summed E-state index contributed by atoms with van der Waals surface area (Å²) >= 11 is 0. The largest absolute Gasteiger partial charge is 0.616 e. The van der Waals surface area contributed by atoms with Gasteiger partial charge in [-0.2, -0.15) is 0 Å². The van der Waals surface area contributed by atoms with Crippen molar-refractivity contribution < 1.29 is 13.9 Å². The molecule has 1 aromatic rings. The molecule has 0 aliphatic heterocycles. The highest BCUT2D eigenvalue weighted by atomic mass is 19.1. The third-order valence-electron chi connectivity index (χ3n) is 2.18. The first-order valence-corrected chi connectivity index (χ1v) is 4.31. The lowest BCUT2D eigenvalue weighted by molar-refractivity contribution is -0.615. The Balaban J connectivity index is 2.10. The van der Waals surface area contributed by atoms with Crippen LogP contribution in [0, 0.1) is 11.0 Å². The molecule has 0 unspecified atom stereocenters. The summed E-state index contributed by atoms with van der Waals surface area (Å²) in [6.45, 7) is 0. The van der Waals surface area contributed by atoms with Crippen LogP contribution in [0.3, 0.4) is 0 Å². The molecule has 0 radical (unpaired) electrons. The maximum absolute atomic E-state index is 12.5. The number of rotatable bonds is 2. The normalized spacial score (nSPS) is 16.7. The molecular weight excluding hydrogens is 173 g/mol. The molecule has 0 saturated heterocycles. The molecule has 0 atom stereocenters. The zero-order chi connectivity index (χ0) is 9.26. The molecule has 0 bridgehead atoms. The number of pyridine rings is 1. The molecule has 1 heterocycles. The van der Waals surface area contributed by atoms with Crippen LogP contribution >= 0.6 is 0 Å². The molecule has 0 spiro atoms. The summed E-state index contributed by atoms with van der Waals surface area (Å²) in [5, 5.41) is 11.1. The van der Waals surface area contributed by atoms with Gasteiger partial charge in [-0.3, -0.25) is 0 Å². The van der Waals surface area contributed by atoms with Crippen molar-refractivity contribution in [2.75, 3.05) is 0 Å². The first kappa shape index (κ1) is 8.29. The van der Waals surface area contributed by atoms with Gasteiger partial charge in [-0.25, -0.2) is 4.39 Å². The lowest BCUT2D eigenvalue weighted by Crippen LogP contribution is -2.34. The van der Waals surface area contributed by atoms with Gasteiger partial charge in [0.2, 0.25) is 6.20 Å². The van der Waals surface area contributed by atoms with Crippen LogP contribution in [0.5, 0.6) is 5.88 Å². The van der Waals surface area contributed by atoms with E-state index in [1.165, 1.54) is 12.1 Å². The molecule has 1 fully saturated rings. The Morgan fingerprint density at radius 2 is 2.23 bits per heavy atom. The molecule has 70 valence electrons. The minimum Gasteiger partial charge on any atom is -0.616 e. The monoisotopic (exact) mass is 183 g/mol. The minimum atomic E-state index is -0.545. The Morgan fingerprint density at radius 1 is 1.46 bits per heavy atom. The van der Waals surface area contributed by atoms with Crippen molar-refractivity contribution in [1.29, 1.82) is 0 Å². The number of hydrogen-bond donors (Lipinski definition) is 0. The van der Waals surface area contributed by atoms with E-state index < -0.39 is 5.82 Å². The fourth-order valence-corrected chi connectivity index (χ4v) is 1.19. The standard InChI is InChI=1S/C9H10FNO2/c10-7-4-5-9(11(12)6-7)13-8-2-1-3-8/h4-6,8H,1-3H2. The van der Waals surface area contributed by atoms with Gasteiger partial charge in [0.25, 0.3) is 0 Å². The van der Waals surface area contributed by atoms with Crippen molar-refractivity contribution in [3.05, 3.63) is 29.4 Å². The van der Waals surface area contributed by atoms with E-state index in [-0.39, 0.29) is 12.0 Å². The van der Waals surface area contributed by atoms with Crippen molar-refractivity contribution in [2.45, 2.75) is 25.4 Å². The molecular formula is C9H10FNO2. The third-order valence-corrected chi connectivity index (χ3v) is 2.18. The van der Waals surface area contributed by atoms with E-state index in [2.05, 4.69) is 0 Å². The summed E-state index contributed by atoms with van der Waals surface area (Å²) in [7, 11) is 0. The van der Waals surface area contributed by atoms with Gasteiger partial charge in [-0.1, -0.05) is 0 Å². The van der Waals surface area contributed by atoms with Crippen molar-refractivity contribution in [2.24, 2.45) is 0 Å². The second-order valence-corrected chi connectivity index (χ2v) is 3.18. The van der Waals surface area contributed by atoms with E-state index in [1.54, 1.807) is 0 Å². The van der Waals surface area contributed by atoms with E-state index in [0.29, 0.717) is 4.73 Å². The van der Waals surface area contributed by atoms with Crippen LogP contribution < -0.4 is 9.47 Å². The highest BCUT2D eigenvalue weighted by molar-refractivity contribution is 5.05. The van der Waals surface area contributed by atoms with Gasteiger partial charge < -0.3 is 9.94 Å². The lowest BCUT2D eigenvalue weighted by Gasteiger charge is -2.24. The molecule has 1 saturated carbocycles. The lowest BCUT2D eigenvalue weighted by atomic mass is 9.96. The Hall–Kier alpha value is -1.32. The van der Waals surface area contributed by atoms with Crippen LogP contribution in [0.1, 0.15) is 19.3 Å². The number of nitrogens with zero attached hydrogens (tertiary/aromatic N) is 1. The van der Waals surface area contributed by atoms with Crippen LogP contribution in [0.2, 0.25) is 0 Å². The number of ether oxygens (including phenoxy) is 1. The second-order valence-electron chi connectivity index (χ2n) is 3.18. The number of halogens is 1. The maximum atomic E-state index is 12.5. The SMILES string of the molecule is [O-][n+]1cc(F)ccc1OC1CCC1. The molecule has 1 aliphatic carbocycles. The molecule has 13 heavy (non-hydrogen) atoms. The summed E-state index contributed by atoms with van der Waals surface area (Å²) in [6, 6.07) is 2.59. The molecule has 0 aromatic carbocycles. The Bertz CT molecular complexity index is 312. The molecule has 1 aliphatic rings. The fraction of sp³-hybridized carbons (Fsp3) is 0.444. The van der Waals surface area contributed by atoms with Gasteiger partial charge in [0.05, 0.1) is 6.07 Å². The second kappa shape index (κ2) is 3.20. The van der Waals surface area contributed by atoms with Gasteiger partial charge in [0.15, 0.2) is 5.82 Å². The van der Waals surface area contributed by atoms with Crippen LogP contribution in [0.4, 0.5) is 4.39 Å². The minimum absolute atomic E-state index is 0.144. The van der Waals surface area contributed by atoms with Gasteiger partial charge >= 0.3 is 5.88 Å². The summed E-state index contributed by atoms with van der Waals surface area (Å²) < 4.78 is 18.2. The van der Waals surface area contributed by atoms with Crippen LogP contribution in [-0.2, 0) is 0 Å². The quantitative estimate of drug-likeness (QED) is 0.513. The molecule has 4 heteroatoms. The van der Waals surface area contributed by atoms with Crippen LogP contribution in [0.15, 0.2) is 18.3 Å². The van der Waals surface area contributed by atoms with Gasteiger partial charge in [0, 0.05) is 0 Å². The van der Waals surface area contributed by atoms with E-state index in [1.807, 2.05) is 0 Å². The Labute approximate surface area is 75.3 Å². The molecule has 0 N–H and O–H groups in total. The van der Waals surface area contributed by atoms with E-state index in [4.69, 9.17) is 4.74 Å². The predicted molar refractivity (Wildman–Crippen MR) is 43.6 cm³/mol.